The molecule has 1 saturated heterocycles. The van der Waals surface area contributed by atoms with Crippen LogP contribution in [0.2, 0.25) is 0 Å². The van der Waals surface area contributed by atoms with E-state index in [0.29, 0.717) is 38.9 Å². The van der Waals surface area contributed by atoms with Crippen LogP contribution in [-0.2, 0) is 14.3 Å². The minimum atomic E-state index is -0.700. The molecule has 2 aliphatic carbocycles. The van der Waals surface area contributed by atoms with Crippen LogP contribution in [0.5, 0.6) is 0 Å². The third-order valence-electron chi connectivity index (χ3n) is 8.03. The van der Waals surface area contributed by atoms with Gasteiger partial charge in [-0.2, -0.15) is 0 Å². The number of hydrogen-bond acceptors (Lipinski definition) is 4. The van der Waals surface area contributed by atoms with Crippen molar-refractivity contribution in [1.82, 2.24) is 10.2 Å². The lowest BCUT2D eigenvalue weighted by Gasteiger charge is -2.32. The molecule has 1 saturated carbocycles. The van der Waals surface area contributed by atoms with Gasteiger partial charge in [0, 0.05) is 32.0 Å². The zero-order valence-electron chi connectivity index (χ0n) is 19.9. The lowest BCUT2D eigenvalue weighted by molar-refractivity contribution is -0.139. The van der Waals surface area contributed by atoms with E-state index in [1.165, 1.54) is 22.3 Å². The Hall–Kier alpha value is -3.35. The molecule has 184 valence electrons. The van der Waals surface area contributed by atoms with E-state index in [4.69, 9.17) is 4.74 Å². The van der Waals surface area contributed by atoms with Gasteiger partial charge in [0.2, 0.25) is 5.91 Å². The molecule has 1 heterocycles. The van der Waals surface area contributed by atoms with E-state index in [1.54, 1.807) is 0 Å². The fourth-order valence-electron chi connectivity index (χ4n) is 5.85. The highest BCUT2D eigenvalue weighted by atomic mass is 16.5. The zero-order chi connectivity index (χ0) is 24.4. The number of rotatable bonds is 8. The molecular formula is C28H32N2O5. The average molecular weight is 477 g/mol. The number of carbonyl (C=O) groups excluding carboxylic acids is 2. The number of carbonyl (C=O) groups is 3. The highest BCUT2D eigenvalue weighted by Crippen LogP contribution is 2.59. The van der Waals surface area contributed by atoms with Crippen LogP contribution in [0.15, 0.2) is 48.5 Å². The normalized spacial score (nSPS) is 19.7. The lowest BCUT2D eigenvalue weighted by Crippen LogP contribution is -2.39. The molecule has 2 aromatic carbocycles. The van der Waals surface area contributed by atoms with Crippen LogP contribution in [0.1, 0.15) is 55.6 Å². The zero-order valence-corrected chi connectivity index (χ0v) is 19.9. The minimum absolute atomic E-state index is 0.0378. The summed E-state index contributed by atoms with van der Waals surface area (Å²) in [7, 11) is 0. The van der Waals surface area contributed by atoms with E-state index in [1.807, 2.05) is 29.2 Å². The summed E-state index contributed by atoms with van der Waals surface area (Å²) in [6.45, 7) is 2.06. The fourth-order valence-corrected chi connectivity index (χ4v) is 5.85. The van der Waals surface area contributed by atoms with Crippen molar-refractivity contribution >= 4 is 18.0 Å². The second-order valence-corrected chi connectivity index (χ2v) is 10.0. The van der Waals surface area contributed by atoms with Gasteiger partial charge >= 0.3 is 12.1 Å². The van der Waals surface area contributed by atoms with Crippen LogP contribution in [-0.4, -0.2) is 54.2 Å². The molecular weight excluding hydrogens is 444 g/mol. The number of aliphatic carboxylic acids is 1. The van der Waals surface area contributed by atoms with Crippen molar-refractivity contribution in [1.29, 1.82) is 0 Å². The number of ether oxygens (including phenoxy) is 1. The molecule has 2 fully saturated rings. The molecule has 35 heavy (non-hydrogen) atoms. The van der Waals surface area contributed by atoms with Crippen LogP contribution in [0.25, 0.3) is 11.1 Å². The number of benzene rings is 2. The quantitative estimate of drug-likeness (QED) is 0.551. The molecule has 5 rings (SSSR count). The van der Waals surface area contributed by atoms with Crippen molar-refractivity contribution in [3.05, 3.63) is 59.7 Å². The number of piperidine rings is 1. The summed E-state index contributed by atoms with van der Waals surface area (Å²) in [5.74, 6) is -0.762. The summed E-state index contributed by atoms with van der Waals surface area (Å²) in [6, 6.07) is 16.5. The number of nitrogens with zero attached hydrogens (tertiary/aromatic N) is 1. The maximum absolute atomic E-state index is 12.5. The van der Waals surface area contributed by atoms with Gasteiger partial charge in [-0.25, -0.2) is 4.79 Å². The summed E-state index contributed by atoms with van der Waals surface area (Å²) in [4.78, 5) is 37.8. The van der Waals surface area contributed by atoms with Crippen LogP contribution in [0.4, 0.5) is 4.79 Å². The summed E-state index contributed by atoms with van der Waals surface area (Å²) in [5, 5.41) is 12.0. The van der Waals surface area contributed by atoms with Gasteiger partial charge in [0.25, 0.3) is 0 Å². The molecule has 1 unspecified atom stereocenters. The van der Waals surface area contributed by atoms with E-state index in [-0.39, 0.29) is 29.8 Å². The number of alkyl carbamates (subject to hydrolysis) is 1. The number of likely N-dealkylation sites (tertiary alicyclic amines) is 1. The Balaban J connectivity index is 0.993. The molecule has 7 nitrogen and oxygen atoms in total. The van der Waals surface area contributed by atoms with E-state index < -0.39 is 12.1 Å². The maximum atomic E-state index is 12.5. The van der Waals surface area contributed by atoms with Gasteiger partial charge < -0.3 is 20.1 Å². The van der Waals surface area contributed by atoms with E-state index in [2.05, 4.69) is 29.6 Å². The fraction of sp³-hybridized carbons (Fsp3) is 0.464. The number of hydrogen-bond donors (Lipinski definition) is 2. The van der Waals surface area contributed by atoms with Gasteiger partial charge in [-0.15, -0.1) is 0 Å². The van der Waals surface area contributed by atoms with Crippen molar-refractivity contribution in [3.8, 4) is 11.1 Å². The molecule has 1 aliphatic heterocycles. The van der Waals surface area contributed by atoms with Crippen molar-refractivity contribution in [3.63, 3.8) is 0 Å². The van der Waals surface area contributed by atoms with Crippen molar-refractivity contribution in [2.24, 2.45) is 11.3 Å². The summed E-state index contributed by atoms with van der Waals surface area (Å²) in [5.41, 5.74) is 4.71. The largest absolute Gasteiger partial charge is 0.481 e. The number of unbranched alkanes of at least 4 members (excludes halogenated alkanes) is 1. The lowest BCUT2D eigenvalue weighted by atomic mass is 9.90. The number of fused-ring (bicyclic) bond motifs is 3. The Morgan fingerprint density at radius 2 is 1.60 bits per heavy atom. The second kappa shape index (κ2) is 9.72. The van der Waals surface area contributed by atoms with Crippen LogP contribution >= 0.6 is 0 Å². The smallest absolute Gasteiger partial charge is 0.407 e. The Bertz CT molecular complexity index is 1080. The molecule has 0 bridgehead atoms. The van der Waals surface area contributed by atoms with Crippen molar-refractivity contribution in [2.75, 3.05) is 26.2 Å². The Morgan fingerprint density at radius 3 is 2.20 bits per heavy atom. The number of amides is 2. The average Bonchev–Trinajstić information content (AvgIpc) is 3.48. The third kappa shape index (κ3) is 4.77. The molecule has 3 aliphatic rings. The molecule has 1 spiro atoms. The topological polar surface area (TPSA) is 95.9 Å². The summed E-state index contributed by atoms with van der Waals surface area (Å²) < 4.78 is 5.55. The van der Waals surface area contributed by atoms with Crippen LogP contribution < -0.4 is 5.32 Å². The highest BCUT2D eigenvalue weighted by Gasteiger charge is 2.59. The van der Waals surface area contributed by atoms with E-state index >= 15 is 0 Å². The maximum Gasteiger partial charge on any atom is 0.407 e. The standard InChI is InChI=1S/C28H32N2O5/c31-25(30-15-12-28(13-16-30)17-24(28)26(32)33)11-5-6-14-29-27(34)35-18-23-21-9-3-1-7-19(21)20-8-2-4-10-22(20)23/h1-4,7-10,23-24H,5-6,11-18H2,(H,29,34)(H,32,33). The van der Waals surface area contributed by atoms with Gasteiger partial charge in [-0.1, -0.05) is 48.5 Å². The molecule has 2 aromatic rings. The molecule has 2 N–H and O–H groups in total. The predicted molar refractivity (Wildman–Crippen MR) is 131 cm³/mol. The second-order valence-electron chi connectivity index (χ2n) is 10.0. The van der Waals surface area contributed by atoms with Crippen LogP contribution in [0, 0.1) is 11.3 Å². The molecule has 7 heteroatoms. The number of nitrogens with one attached hydrogen (secondary N) is 1. The summed E-state index contributed by atoms with van der Waals surface area (Å²) in [6.07, 6.45) is 3.75. The number of carboxylic acids is 1. The van der Waals surface area contributed by atoms with Gasteiger partial charge in [-0.3, -0.25) is 9.59 Å². The third-order valence-corrected chi connectivity index (χ3v) is 8.03. The SMILES string of the molecule is O=C(NCCCCC(=O)N1CCC2(CC1)CC2C(=O)O)OCC1c2ccccc2-c2ccccc21. The van der Waals surface area contributed by atoms with Gasteiger partial charge in [0.05, 0.1) is 5.92 Å². The first-order valence-electron chi connectivity index (χ1n) is 12.6. The van der Waals surface area contributed by atoms with Gasteiger partial charge in [0.1, 0.15) is 6.61 Å². The first-order chi connectivity index (χ1) is 17.0. The van der Waals surface area contributed by atoms with Crippen molar-refractivity contribution < 1.29 is 24.2 Å². The van der Waals surface area contributed by atoms with Crippen molar-refractivity contribution in [2.45, 2.75) is 44.4 Å². The van der Waals surface area contributed by atoms with Gasteiger partial charge in [-0.05, 0) is 59.8 Å². The molecule has 2 amide bonds. The van der Waals surface area contributed by atoms with Crippen LogP contribution in [0.3, 0.4) is 0 Å². The Morgan fingerprint density at radius 1 is 0.971 bits per heavy atom. The molecule has 1 atom stereocenters. The van der Waals surface area contributed by atoms with E-state index in [0.717, 1.165) is 19.3 Å². The molecule has 0 aromatic heterocycles. The first kappa shape index (κ1) is 23.4. The summed E-state index contributed by atoms with van der Waals surface area (Å²) >= 11 is 0. The number of carboxylic acid groups (broad SMARTS) is 1. The minimum Gasteiger partial charge on any atom is -0.481 e. The first-order valence-corrected chi connectivity index (χ1v) is 12.6. The van der Waals surface area contributed by atoms with Gasteiger partial charge in [0.15, 0.2) is 0 Å². The van der Waals surface area contributed by atoms with E-state index in [9.17, 15) is 19.5 Å². The Labute approximate surface area is 205 Å². The molecule has 0 radical (unpaired) electrons. The Kier molecular flexibility index (Phi) is 6.50. The monoisotopic (exact) mass is 476 g/mol. The highest BCUT2D eigenvalue weighted by molar-refractivity contribution is 5.79. The predicted octanol–water partition coefficient (Wildman–Crippen LogP) is 4.41.